The molecule has 0 rings (SSSR count). The van der Waals surface area contributed by atoms with Crippen LogP contribution in [0.15, 0.2) is 12.7 Å². The third-order valence-electron chi connectivity index (χ3n) is 1.19. The van der Waals surface area contributed by atoms with Crippen LogP contribution in [-0.4, -0.2) is 24.5 Å². The van der Waals surface area contributed by atoms with Crippen molar-refractivity contribution in [3.05, 3.63) is 12.7 Å². The summed E-state index contributed by atoms with van der Waals surface area (Å²) in [5, 5.41) is 9.02. The van der Waals surface area contributed by atoms with E-state index >= 15 is 0 Å². The standard InChI is InChI=1S/C7H13O6P/c1-4-6(8)12-14(10,11-3)13-7(9)5-2/h4,7,9H,1,5H2,2-3H3. The zero-order valence-electron chi connectivity index (χ0n) is 8.00. The van der Waals surface area contributed by atoms with E-state index in [1.165, 1.54) is 0 Å². The Bertz CT molecular complexity index is 251. The van der Waals surface area contributed by atoms with E-state index in [9.17, 15) is 9.36 Å². The molecule has 82 valence electrons. The van der Waals surface area contributed by atoms with Crippen molar-refractivity contribution in [2.75, 3.05) is 7.11 Å². The monoisotopic (exact) mass is 224 g/mol. The number of carbonyl (C=O) groups is 1. The molecule has 0 heterocycles. The number of rotatable bonds is 6. The predicted molar refractivity (Wildman–Crippen MR) is 48.3 cm³/mol. The van der Waals surface area contributed by atoms with Crippen molar-refractivity contribution >= 4 is 13.8 Å². The summed E-state index contributed by atoms with van der Waals surface area (Å²) in [4.78, 5) is 10.7. The molecule has 0 radical (unpaired) electrons. The lowest BCUT2D eigenvalue weighted by Crippen LogP contribution is -2.12. The van der Waals surface area contributed by atoms with Gasteiger partial charge in [-0.25, -0.2) is 13.9 Å². The first kappa shape index (κ1) is 13.3. The summed E-state index contributed by atoms with van der Waals surface area (Å²) in [6, 6.07) is 0. The minimum Gasteiger partial charge on any atom is -0.367 e. The highest BCUT2D eigenvalue weighted by molar-refractivity contribution is 7.49. The Morgan fingerprint density at radius 1 is 1.71 bits per heavy atom. The first-order valence-electron chi connectivity index (χ1n) is 3.85. The predicted octanol–water partition coefficient (Wildman–Crippen LogP) is 1.22. The average Bonchev–Trinajstić information content (AvgIpc) is 2.17. The summed E-state index contributed by atoms with van der Waals surface area (Å²) < 4.78 is 24.6. The Morgan fingerprint density at radius 2 is 2.29 bits per heavy atom. The molecule has 0 bridgehead atoms. The smallest absolute Gasteiger partial charge is 0.367 e. The van der Waals surface area contributed by atoms with Crippen molar-refractivity contribution in [3.63, 3.8) is 0 Å². The first-order chi connectivity index (χ1) is 6.47. The van der Waals surface area contributed by atoms with Gasteiger partial charge in [0.25, 0.3) is 0 Å². The summed E-state index contributed by atoms with van der Waals surface area (Å²) >= 11 is 0. The third-order valence-corrected chi connectivity index (χ3v) is 2.54. The molecule has 0 saturated carbocycles. The van der Waals surface area contributed by atoms with Crippen LogP contribution in [0.25, 0.3) is 0 Å². The lowest BCUT2D eigenvalue weighted by atomic mass is 10.5. The SMILES string of the molecule is C=CC(=O)OP(=O)(OC)OC(O)CC. The van der Waals surface area contributed by atoms with Gasteiger partial charge >= 0.3 is 13.8 Å². The maximum absolute atomic E-state index is 11.4. The van der Waals surface area contributed by atoms with Crippen molar-refractivity contribution in [3.8, 4) is 0 Å². The normalized spacial score (nSPS) is 16.8. The molecule has 0 aromatic heterocycles. The molecule has 0 saturated heterocycles. The second-order valence-corrected chi connectivity index (χ2v) is 3.87. The zero-order chi connectivity index (χ0) is 11.2. The van der Waals surface area contributed by atoms with E-state index < -0.39 is 20.1 Å². The van der Waals surface area contributed by atoms with Crippen molar-refractivity contribution < 1.29 is 28.0 Å². The molecule has 0 fully saturated rings. The molecule has 0 aromatic carbocycles. The van der Waals surface area contributed by atoms with Gasteiger partial charge in [0.05, 0.1) is 0 Å². The van der Waals surface area contributed by atoms with Gasteiger partial charge in [-0.1, -0.05) is 13.5 Å². The number of hydrogen-bond acceptors (Lipinski definition) is 6. The minimum atomic E-state index is -4.02. The number of carbonyl (C=O) groups excluding carboxylic acids is 1. The Morgan fingerprint density at radius 3 is 2.64 bits per heavy atom. The van der Waals surface area contributed by atoms with Crippen molar-refractivity contribution in [2.45, 2.75) is 19.6 Å². The Labute approximate surface area is 82.1 Å². The Hall–Kier alpha value is -0.680. The van der Waals surface area contributed by atoms with Crippen molar-refractivity contribution in [1.82, 2.24) is 0 Å². The van der Waals surface area contributed by atoms with Crippen LogP contribution in [0.1, 0.15) is 13.3 Å². The average molecular weight is 224 g/mol. The van der Waals surface area contributed by atoms with Crippen LogP contribution in [0, 0.1) is 0 Å². The van der Waals surface area contributed by atoms with Crippen LogP contribution in [0.4, 0.5) is 0 Å². The van der Waals surface area contributed by atoms with Crippen LogP contribution in [-0.2, 0) is 22.9 Å². The summed E-state index contributed by atoms with van der Waals surface area (Å²) in [5.74, 6) is -0.946. The maximum Gasteiger partial charge on any atom is 0.534 e. The van der Waals surface area contributed by atoms with E-state index in [2.05, 4.69) is 20.2 Å². The van der Waals surface area contributed by atoms with E-state index in [-0.39, 0.29) is 6.42 Å². The Balaban J connectivity index is 4.39. The maximum atomic E-state index is 11.4. The highest BCUT2D eigenvalue weighted by Crippen LogP contribution is 2.49. The molecular formula is C7H13O6P. The van der Waals surface area contributed by atoms with Gasteiger partial charge in [0, 0.05) is 13.2 Å². The molecule has 0 aliphatic carbocycles. The quantitative estimate of drug-likeness (QED) is 0.415. The molecule has 2 unspecified atom stereocenters. The van der Waals surface area contributed by atoms with Crippen LogP contribution in [0.5, 0.6) is 0 Å². The van der Waals surface area contributed by atoms with Gasteiger partial charge in [0.15, 0.2) is 6.29 Å². The van der Waals surface area contributed by atoms with E-state index in [1.54, 1.807) is 6.92 Å². The van der Waals surface area contributed by atoms with Crippen LogP contribution >= 0.6 is 7.82 Å². The molecule has 7 heteroatoms. The van der Waals surface area contributed by atoms with Crippen molar-refractivity contribution in [1.29, 1.82) is 0 Å². The minimum absolute atomic E-state index is 0.193. The molecular weight excluding hydrogens is 211 g/mol. The van der Waals surface area contributed by atoms with Gasteiger partial charge in [-0.15, -0.1) is 0 Å². The van der Waals surface area contributed by atoms with E-state index in [1.807, 2.05) is 0 Å². The fraction of sp³-hybridized carbons (Fsp3) is 0.571. The summed E-state index contributed by atoms with van der Waals surface area (Å²) in [7, 11) is -2.98. The molecule has 14 heavy (non-hydrogen) atoms. The molecule has 6 nitrogen and oxygen atoms in total. The second kappa shape index (κ2) is 5.93. The van der Waals surface area contributed by atoms with Gasteiger partial charge in [-0.05, 0) is 6.42 Å². The fourth-order valence-corrected chi connectivity index (χ4v) is 1.42. The lowest BCUT2D eigenvalue weighted by Gasteiger charge is -2.17. The second-order valence-electron chi connectivity index (χ2n) is 2.21. The number of aliphatic hydroxyl groups is 1. The topological polar surface area (TPSA) is 82.1 Å². The van der Waals surface area contributed by atoms with Gasteiger partial charge in [-0.2, -0.15) is 0 Å². The molecule has 0 amide bonds. The molecule has 0 aromatic rings. The molecule has 2 atom stereocenters. The number of hydrogen-bond donors (Lipinski definition) is 1. The van der Waals surface area contributed by atoms with Crippen molar-refractivity contribution in [2.24, 2.45) is 0 Å². The van der Waals surface area contributed by atoms with Crippen LogP contribution in [0.3, 0.4) is 0 Å². The highest BCUT2D eigenvalue weighted by atomic mass is 31.2. The highest BCUT2D eigenvalue weighted by Gasteiger charge is 2.31. The van der Waals surface area contributed by atoms with Crippen LogP contribution < -0.4 is 0 Å². The fourth-order valence-electron chi connectivity index (χ4n) is 0.473. The zero-order valence-corrected chi connectivity index (χ0v) is 8.90. The molecule has 1 N–H and O–H groups in total. The van der Waals surface area contributed by atoms with Crippen LogP contribution in [0.2, 0.25) is 0 Å². The number of phosphoric acid groups is 1. The largest absolute Gasteiger partial charge is 0.534 e. The van der Waals surface area contributed by atoms with Gasteiger partial charge in [-0.3, -0.25) is 4.52 Å². The lowest BCUT2D eigenvalue weighted by molar-refractivity contribution is -0.132. The van der Waals surface area contributed by atoms with E-state index in [0.717, 1.165) is 13.2 Å². The Kier molecular flexibility index (Phi) is 5.64. The summed E-state index contributed by atoms with van der Waals surface area (Å²) in [6.45, 7) is 4.71. The first-order valence-corrected chi connectivity index (χ1v) is 5.31. The van der Waals surface area contributed by atoms with E-state index in [0.29, 0.717) is 0 Å². The number of aliphatic hydroxyl groups excluding tert-OH is 1. The summed E-state index contributed by atoms with van der Waals surface area (Å²) in [6.07, 6.45) is -0.301. The summed E-state index contributed by atoms with van der Waals surface area (Å²) in [5.41, 5.74) is 0. The third kappa shape index (κ3) is 4.53. The van der Waals surface area contributed by atoms with Gasteiger partial charge in [0.1, 0.15) is 0 Å². The van der Waals surface area contributed by atoms with Gasteiger partial charge < -0.3 is 9.63 Å². The number of phosphoric ester groups is 1. The van der Waals surface area contributed by atoms with E-state index in [4.69, 9.17) is 5.11 Å². The molecule has 0 spiro atoms. The molecule has 0 aliphatic rings. The van der Waals surface area contributed by atoms with Gasteiger partial charge in [0.2, 0.25) is 0 Å². The molecule has 0 aliphatic heterocycles.